The van der Waals surface area contributed by atoms with Crippen LogP contribution in [0.15, 0.2) is 42.6 Å². The lowest BCUT2D eigenvalue weighted by atomic mass is 9.88. The summed E-state index contributed by atoms with van der Waals surface area (Å²) in [5.74, 6) is -3.25. The van der Waals surface area contributed by atoms with Crippen LogP contribution >= 0.6 is 0 Å². The minimum Gasteiger partial charge on any atom is -0.299 e. The molecule has 1 atom stereocenters. The molecule has 0 aliphatic heterocycles. The molecule has 1 aromatic carbocycles. The summed E-state index contributed by atoms with van der Waals surface area (Å²) in [7, 11) is 0. The van der Waals surface area contributed by atoms with E-state index in [1.807, 2.05) is 0 Å². The Morgan fingerprint density at radius 2 is 1.75 bits per heavy atom. The molecule has 2 aromatic rings. The average molecular weight is 275 g/mol. The standard InChI is InChI=1S/C15H11F2NO2/c1-9(19)14(10-2-4-12(16)5-3-10)15(20)11-6-7-18-13(17)8-11/h2-8,14H,1H3. The summed E-state index contributed by atoms with van der Waals surface area (Å²) in [5, 5.41) is 0. The van der Waals surface area contributed by atoms with Gasteiger partial charge in [0.05, 0.1) is 0 Å². The van der Waals surface area contributed by atoms with Gasteiger partial charge < -0.3 is 0 Å². The lowest BCUT2D eigenvalue weighted by Crippen LogP contribution is -2.20. The number of carbonyl (C=O) groups is 2. The van der Waals surface area contributed by atoms with E-state index in [0.717, 1.165) is 12.3 Å². The number of hydrogen-bond acceptors (Lipinski definition) is 3. The van der Waals surface area contributed by atoms with Crippen molar-refractivity contribution in [1.29, 1.82) is 0 Å². The van der Waals surface area contributed by atoms with E-state index in [2.05, 4.69) is 4.98 Å². The van der Waals surface area contributed by atoms with Crippen LogP contribution in [0.5, 0.6) is 0 Å². The first kappa shape index (κ1) is 14.0. The molecule has 20 heavy (non-hydrogen) atoms. The van der Waals surface area contributed by atoms with Gasteiger partial charge in [0.2, 0.25) is 5.95 Å². The second-order valence-corrected chi connectivity index (χ2v) is 4.33. The Morgan fingerprint density at radius 3 is 2.30 bits per heavy atom. The smallest absolute Gasteiger partial charge is 0.213 e. The molecule has 2 rings (SSSR count). The number of hydrogen-bond donors (Lipinski definition) is 0. The third-order valence-corrected chi connectivity index (χ3v) is 2.88. The average Bonchev–Trinajstić information content (AvgIpc) is 2.41. The Bertz CT molecular complexity index is 653. The van der Waals surface area contributed by atoms with E-state index in [-0.39, 0.29) is 11.3 Å². The van der Waals surface area contributed by atoms with Crippen LogP contribution in [0.2, 0.25) is 0 Å². The number of ketones is 2. The number of benzene rings is 1. The topological polar surface area (TPSA) is 47.0 Å². The largest absolute Gasteiger partial charge is 0.299 e. The highest BCUT2D eigenvalue weighted by Gasteiger charge is 2.26. The molecule has 0 aliphatic carbocycles. The summed E-state index contributed by atoms with van der Waals surface area (Å²) >= 11 is 0. The van der Waals surface area contributed by atoms with E-state index >= 15 is 0 Å². The molecule has 0 saturated carbocycles. The van der Waals surface area contributed by atoms with Crippen LogP contribution in [0.4, 0.5) is 8.78 Å². The maximum Gasteiger partial charge on any atom is 0.213 e. The zero-order valence-corrected chi connectivity index (χ0v) is 10.6. The minimum absolute atomic E-state index is 0.0574. The number of rotatable bonds is 4. The van der Waals surface area contributed by atoms with E-state index in [9.17, 15) is 18.4 Å². The monoisotopic (exact) mass is 275 g/mol. The molecule has 0 bridgehead atoms. The van der Waals surface area contributed by atoms with Crippen molar-refractivity contribution in [3.8, 4) is 0 Å². The van der Waals surface area contributed by atoms with Gasteiger partial charge in [0.1, 0.15) is 17.5 Å². The maximum absolute atomic E-state index is 13.0. The molecule has 1 aromatic heterocycles. The van der Waals surface area contributed by atoms with Gasteiger partial charge in [-0.15, -0.1) is 0 Å². The van der Waals surface area contributed by atoms with E-state index in [1.165, 1.54) is 37.3 Å². The molecular formula is C15H11F2NO2. The van der Waals surface area contributed by atoms with Gasteiger partial charge in [-0.25, -0.2) is 9.37 Å². The molecule has 0 amide bonds. The van der Waals surface area contributed by atoms with Crippen LogP contribution in [0.3, 0.4) is 0 Å². The highest BCUT2D eigenvalue weighted by Crippen LogP contribution is 2.22. The van der Waals surface area contributed by atoms with Gasteiger partial charge in [-0.1, -0.05) is 12.1 Å². The number of nitrogens with zero attached hydrogens (tertiary/aromatic N) is 1. The quantitative estimate of drug-likeness (QED) is 0.489. The number of carbonyl (C=O) groups excluding carboxylic acids is 2. The maximum atomic E-state index is 13.0. The van der Waals surface area contributed by atoms with E-state index in [1.54, 1.807) is 0 Å². The molecule has 0 spiro atoms. The SMILES string of the molecule is CC(=O)C(C(=O)c1ccnc(F)c1)c1ccc(F)cc1. The second kappa shape index (κ2) is 5.69. The van der Waals surface area contributed by atoms with Crippen LogP contribution in [0, 0.1) is 11.8 Å². The van der Waals surface area contributed by atoms with Crippen molar-refractivity contribution in [3.63, 3.8) is 0 Å². The van der Waals surface area contributed by atoms with Gasteiger partial charge in [-0.05, 0) is 30.7 Å². The summed E-state index contributed by atoms with van der Waals surface area (Å²) in [5.41, 5.74) is 0.433. The van der Waals surface area contributed by atoms with Gasteiger partial charge in [-0.3, -0.25) is 9.59 Å². The molecule has 3 nitrogen and oxygen atoms in total. The Morgan fingerprint density at radius 1 is 1.10 bits per heavy atom. The van der Waals surface area contributed by atoms with Crippen molar-refractivity contribution in [2.75, 3.05) is 0 Å². The fraction of sp³-hybridized carbons (Fsp3) is 0.133. The van der Waals surface area contributed by atoms with Crippen LogP contribution in [0.1, 0.15) is 28.8 Å². The normalized spacial score (nSPS) is 11.9. The third kappa shape index (κ3) is 2.93. The molecule has 1 unspecified atom stereocenters. The van der Waals surface area contributed by atoms with E-state index in [4.69, 9.17) is 0 Å². The first-order valence-corrected chi connectivity index (χ1v) is 5.90. The highest BCUT2D eigenvalue weighted by molar-refractivity contribution is 6.14. The predicted octanol–water partition coefficient (Wildman–Crippen LogP) is 2.92. The summed E-state index contributed by atoms with van der Waals surface area (Å²) in [6.07, 6.45) is 1.16. The summed E-state index contributed by atoms with van der Waals surface area (Å²) < 4.78 is 25.9. The first-order chi connectivity index (χ1) is 9.49. The van der Waals surface area contributed by atoms with Gasteiger partial charge in [0.15, 0.2) is 5.78 Å². The minimum atomic E-state index is -1.07. The molecule has 0 aliphatic rings. The van der Waals surface area contributed by atoms with E-state index < -0.39 is 23.5 Å². The van der Waals surface area contributed by atoms with E-state index in [0.29, 0.717) is 5.56 Å². The van der Waals surface area contributed by atoms with Crippen molar-refractivity contribution in [1.82, 2.24) is 4.98 Å². The third-order valence-electron chi connectivity index (χ3n) is 2.88. The molecule has 1 heterocycles. The number of Topliss-reactive ketones (excluding diaryl/α,β-unsaturated/α-hetero) is 2. The van der Waals surface area contributed by atoms with Gasteiger partial charge >= 0.3 is 0 Å². The molecule has 0 N–H and O–H groups in total. The zero-order chi connectivity index (χ0) is 14.7. The summed E-state index contributed by atoms with van der Waals surface area (Å²) in [4.78, 5) is 27.4. The van der Waals surface area contributed by atoms with Crippen LogP contribution in [-0.2, 0) is 4.79 Å². The van der Waals surface area contributed by atoms with Crippen LogP contribution in [0.25, 0.3) is 0 Å². The Balaban J connectivity index is 2.41. The lowest BCUT2D eigenvalue weighted by molar-refractivity contribution is -0.117. The van der Waals surface area contributed by atoms with Crippen LogP contribution < -0.4 is 0 Å². The molecular weight excluding hydrogens is 264 g/mol. The molecule has 0 saturated heterocycles. The van der Waals surface area contributed by atoms with Crippen molar-refractivity contribution >= 4 is 11.6 Å². The van der Waals surface area contributed by atoms with Crippen molar-refractivity contribution in [2.45, 2.75) is 12.8 Å². The lowest BCUT2D eigenvalue weighted by Gasteiger charge is -2.13. The second-order valence-electron chi connectivity index (χ2n) is 4.33. The Labute approximate surface area is 114 Å². The fourth-order valence-electron chi connectivity index (χ4n) is 1.95. The molecule has 102 valence electrons. The summed E-state index contributed by atoms with van der Waals surface area (Å²) in [6, 6.07) is 7.40. The number of aromatic nitrogens is 1. The highest BCUT2D eigenvalue weighted by atomic mass is 19.1. The Hall–Kier alpha value is -2.43. The molecule has 0 radical (unpaired) electrons. The van der Waals surface area contributed by atoms with Crippen molar-refractivity contribution in [2.24, 2.45) is 0 Å². The van der Waals surface area contributed by atoms with Gasteiger partial charge in [0.25, 0.3) is 0 Å². The van der Waals surface area contributed by atoms with Crippen LogP contribution in [-0.4, -0.2) is 16.6 Å². The number of pyridine rings is 1. The number of halogens is 2. The van der Waals surface area contributed by atoms with Gasteiger partial charge in [0, 0.05) is 17.8 Å². The first-order valence-electron chi connectivity index (χ1n) is 5.90. The summed E-state index contributed by atoms with van der Waals surface area (Å²) in [6.45, 7) is 1.27. The zero-order valence-electron chi connectivity index (χ0n) is 10.6. The van der Waals surface area contributed by atoms with Crippen molar-refractivity contribution < 1.29 is 18.4 Å². The molecule has 0 fully saturated rings. The van der Waals surface area contributed by atoms with Crippen molar-refractivity contribution in [3.05, 3.63) is 65.5 Å². The fourth-order valence-corrected chi connectivity index (χ4v) is 1.95. The Kier molecular flexibility index (Phi) is 3.98. The molecule has 5 heteroatoms. The predicted molar refractivity (Wildman–Crippen MR) is 68.3 cm³/mol. The van der Waals surface area contributed by atoms with Gasteiger partial charge in [-0.2, -0.15) is 4.39 Å².